The van der Waals surface area contributed by atoms with E-state index in [2.05, 4.69) is 25.9 Å². The zero-order valence-electron chi connectivity index (χ0n) is 10.9. The lowest BCUT2D eigenvalue weighted by Crippen LogP contribution is -2.19. The van der Waals surface area contributed by atoms with Gasteiger partial charge in [0.2, 0.25) is 0 Å². The van der Waals surface area contributed by atoms with E-state index in [1.54, 1.807) is 19.1 Å². The molecule has 1 N–H and O–H groups in total. The molecule has 0 spiro atoms. The summed E-state index contributed by atoms with van der Waals surface area (Å²) in [6.07, 6.45) is 1.48. The zero-order chi connectivity index (χ0) is 14.8. The van der Waals surface area contributed by atoms with E-state index in [1.165, 1.54) is 17.6 Å². The number of rotatable bonds is 4. The van der Waals surface area contributed by atoms with Crippen LogP contribution in [0, 0.1) is 13.8 Å². The summed E-state index contributed by atoms with van der Waals surface area (Å²) in [6, 6.07) is 9.02. The quantitative estimate of drug-likeness (QED) is 0.659. The van der Waals surface area contributed by atoms with Gasteiger partial charge in [0, 0.05) is 4.88 Å². The van der Waals surface area contributed by atoms with E-state index < -0.39 is 10.0 Å². The highest BCUT2D eigenvalue weighted by Crippen LogP contribution is 2.20. The summed E-state index contributed by atoms with van der Waals surface area (Å²) in [5, 5.41) is 3.80. The first kappa shape index (κ1) is 15.2. The monoisotopic (exact) mass is 372 g/mol. The molecule has 2 aromatic rings. The third-order valence-corrected chi connectivity index (χ3v) is 5.51. The van der Waals surface area contributed by atoms with Crippen LogP contribution < -0.4 is 4.83 Å². The summed E-state index contributed by atoms with van der Waals surface area (Å²) in [4.78, 5) is 3.35. The zero-order valence-corrected chi connectivity index (χ0v) is 14.1. The first-order valence-electron chi connectivity index (χ1n) is 5.76. The van der Waals surface area contributed by atoms with Crippen molar-refractivity contribution in [1.82, 2.24) is 4.83 Å². The molecule has 0 aliphatic heterocycles. The lowest BCUT2D eigenvalue weighted by atomic mass is 10.2. The summed E-state index contributed by atoms with van der Waals surface area (Å²) >= 11 is 4.81. The van der Waals surface area contributed by atoms with Crippen LogP contribution in [-0.4, -0.2) is 14.6 Å². The molecule has 1 heterocycles. The summed E-state index contributed by atoms with van der Waals surface area (Å²) in [5.41, 5.74) is 1.58. The molecule has 1 aromatic carbocycles. The van der Waals surface area contributed by atoms with Crippen molar-refractivity contribution in [3.05, 3.63) is 50.1 Å². The molecule has 0 atom stereocenters. The maximum Gasteiger partial charge on any atom is 0.276 e. The number of halogens is 1. The first-order chi connectivity index (χ1) is 9.38. The second-order valence-electron chi connectivity index (χ2n) is 4.26. The Labute approximate surface area is 130 Å². The van der Waals surface area contributed by atoms with E-state index in [1.807, 2.05) is 25.1 Å². The van der Waals surface area contributed by atoms with Gasteiger partial charge in [-0.05, 0) is 59.1 Å². The SMILES string of the molecule is Cc1ccc(C)c(S(=O)(=O)N/N=C/c2ccc(Br)s2)c1. The lowest BCUT2D eigenvalue weighted by Gasteiger charge is -2.07. The van der Waals surface area contributed by atoms with Crippen molar-refractivity contribution in [1.29, 1.82) is 0 Å². The Morgan fingerprint density at radius 2 is 2.00 bits per heavy atom. The largest absolute Gasteiger partial charge is 0.276 e. The van der Waals surface area contributed by atoms with E-state index >= 15 is 0 Å². The molecular weight excluding hydrogens is 360 g/mol. The Morgan fingerprint density at radius 1 is 1.25 bits per heavy atom. The normalized spacial score (nSPS) is 11.9. The summed E-state index contributed by atoms with van der Waals surface area (Å²) in [5.74, 6) is 0. The predicted octanol–water partition coefficient (Wildman–Crippen LogP) is 3.44. The predicted molar refractivity (Wildman–Crippen MR) is 85.9 cm³/mol. The fourth-order valence-electron chi connectivity index (χ4n) is 1.60. The maximum atomic E-state index is 12.2. The molecule has 2 rings (SSSR count). The van der Waals surface area contributed by atoms with Crippen LogP contribution in [0.15, 0.2) is 44.1 Å². The van der Waals surface area contributed by atoms with Crippen molar-refractivity contribution < 1.29 is 8.42 Å². The van der Waals surface area contributed by atoms with Crippen molar-refractivity contribution in [2.75, 3.05) is 0 Å². The van der Waals surface area contributed by atoms with Gasteiger partial charge in [0.05, 0.1) is 14.9 Å². The fraction of sp³-hybridized carbons (Fsp3) is 0.154. The number of nitrogens with one attached hydrogen (secondary N) is 1. The van der Waals surface area contributed by atoms with Crippen LogP contribution in [0.5, 0.6) is 0 Å². The summed E-state index contributed by atoms with van der Waals surface area (Å²) < 4.78 is 25.3. The Kier molecular flexibility index (Phi) is 4.62. The Bertz CT molecular complexity index is 751. The minimum absolute atomic E-state index is 0.252. The van der Waals surface area contributed by atoms with Gasteiger partial charge in [-0.1, -0.05) is 12.1 Å². The molecule has 0 amide bonds. The minimum atomic E-state index is -3.63. The maximum absolute atomic E-state index is 12.2. The van der Waals surface area contributed by atoms with Crippen molar-refractivity contribution in [3.8, 4) is 0 Å². The molecule has 0 saturated heterocycles. The molecule has 20 heavy (non-hydrogen) atoms. The molecule has 4 nitrogen and oxygen atoms in total. The third-order valence-electron chi connectivity index (χ3n) is 2.59. The highest BCUT2D eigenvalue weighted by Gasteiger charge is 2.15. The van der Waals surface area contributed by atoms with Crippen LogP contribution in [0.25, 0.3) is 0 Å². The molecule has 0 radical (unpaired) electrons. The van der Waals surface area contributed by atoms with Gasteiger partial charge in [-0.2, -0.15) is 13.5 Å². The molecule has 0 aliphatic carbocycles. The molecule has 0 unspecified atom stereocenters. The second kappa shape index (κ2) is 6.07. The summed E-state index contributed by atoms with van der Waals surface area (Å²) in [6.45, 7) is 3.61. The average molecular weight is 373 g/mol. The number of hydrazone groups is 1. The average Bonchev–Trinajstić information content (AvgIpc) is 2.78. The number of benzene rings is 1. The molecule has 0 fully saturated rings. The fourth-order valence-corrected chi connectivity index (χ4v) is 4.02. The van der Waals surface area contributed by atoms with Gasteiger partial charge in [-0.15, -0.1) is 11.3 Å². The number of hydrogen-bond acceptors (Lipinski definition) is 4. The van der Waals surface area contributed by atoms with Crippen molar-refractivity contribution >= 4 is 43.5 Å². The standard InChI is InChI=1S/C13H13BrN2O2S2/c1-9-3-4-10(2)12(7-9)20(17,18)16-15-8-11-5-6-13(14)19-11/h3-8,16H,1-2H3/b15-8+. The van der Waals surface area contributed by atoms with Crippen LogP contribution in [0.4, 0.5) is 0 Å². The van der Waals surface area contributed by atoms with Gasteiger partial charge >= 0.3 is 0 Å². The van der Waals surface area contributed by atoms with E-state index in [9.17, 15) is 8.42 Å². The van der Waals surface area contributed by atoms with Crippen molar-refractivity contribution in [2.24, 2.45) is 5.10 Å². The van der Waals surface area contributed by atoms with E-state index in [0.717, 1.165) is 14.2 Å². The van der Waals surface area contributed by atoms with Gasteiger partial charge in [0.25, 0.3) is 10.0 Å². The van der Waals surface area contributed by atoms with Crippen LogP contribution in [0.3, 0.4) is 0 Å². The Morgan fingerprint density at radius 3 is 2.65 bits per heavy atom. The van der Waals surface area contributed by atoms with E-state index in [4.69, 9.17) is 0 Å². The van der Waals surface area contributed by atoms with Crippen LogP contribution in [0.2, 0.25) is 0 Å². The van der Waals surface area contributed by atoms with Gasteiger partial charge in [0.15, 0.2) is 0 Å². The molecule has 7 heteroatoms. The Hall–Kier alpha value is -1.18. The number of nitrogens with zero attached hydrogens (tertiary/aromatic N) is 1. The minimum Gasteiger partial charge on any atom is -0.200 e. The lowest BCUT2D eigenvalue weighted by molar-refractivity contribution is 0.584. The molecular formula is C13H13BrN2O2S2. The van der Waals surface area contributed by atoms with Gasteiger partial charge in [-0.3, -0.25) is 0 Å². The number of aryl methyl sites for hydroxylation is 2. The number of hydrogen-bond donors (Lipinski definition) is 1. The summed E-state index contributed by atoms with van der Waals surface area (Å²) in [7, 11) is -3.63. The topological polar surface area (TPSA) is 58.5 Å². The molecule has 0 aliphatic rings. The molecule has 0 bridgehead atoms. The van der Waals surface area contributed by atoms with Crippen LogP contribution in [0.1, 0.15) is 16.0 Å². The van der Waals surface area contributed by atoms with Crippen LogP contribution in [-0.2, 0) is 10.0 Å². The van der Waals surface area contributed by atoms with E-state index in [0.29, 0.717) is 5.56 Å². The highest BCUT2D eigenvalue weighted by molar-refractivity contribution is 9.11. The second-order valence-corrected chi connectivity index (χ2v) is 8.39. The van der Waals surface area contributed by atoms with Gasteiger partial charge < -0.3 is 0 Å². The smallest absolute Gasteiger partial charge is 0.200 e. The first-order valence-corrected chi connectivity index (χ1v) is 8.85. The third kappa shape index (κ3) is 3.68. The van der Waals surface area contributed by atoms with Gasteiger partial charge in [-0.25, -0.2) is 4.83 Å². The molecule has 106 valence electrons. The molecule has 1 aromatic heterocycles. The van der Waals surface area contributed by atoms with Gasteiger partial charge in [0.1, 0.15) is 0 Å². The van der Waals surface area contributed by atoms with Crippen molar-refractivity contribution in [3.63, 3.8) is 0 Å². The highest BCUT2D eigenvalue weighted by atomic mass is 79.9. The molecule has 0 saturated carbocycles. The number of thiophene rings is 1. The Balaban J connectivity index is 2.19. The van der Waals surface area contributed by atoms with Crippen molar-refractivity contribution in [2.45, 2.75) is 18.7 Å². The van der Waals surface area contributed by atoms with Crippen LogP contribution >= 0.6 is 27.3 Å². The van der Waals surface area contributed by atoms with E-state index in [-0.39, 0.29) is 4.90 Å². The number of sulfonamides is 1.